The fraction of sp³-hybridized carbons (Fsp3) is 0.556. The lowest BCUT2D eigenvalue weighted by Gasteiger charge is -2.14. The first-order valence-corrected chi connectivity index (χ1v) is 4.34. The Morgan fingerprint density at radius 2 is 2.15 bits per heavy atom. The van der Waals surface area contributed by atoms with E-state index in [-0.39, 0.29) is 17.5 Å². The molecule has 0 bridgehead atoms. The van der Waals surface area contributed by atoms with Gasteiger partial charge in [-0.2, -0.15) is 0 Å². The Morgan fingerprint density at radius 1 is 1.54 bits per heavy atom. The first-order chi connectivity index (χ1) is 6.00. The Morgan fingerprint density at radius 3 is 2.62 bits per heavy atom. The van der Waals surface area contributed by atoms with Crippen LogP contribution in [0.3, 0.4) is 0 Å². The van der Waals surface area contributed by atoms with E-state index in [1.807, 2.05) is 13.8 Å². The Hall–Kier alpha value is -1.16. The first kappa shape index (κ1) is 9.92. The third-order valence-electron chi connectivity index (χ3n) is 1.94. The van der Waals surface area contributed by atoms with Crippen LogP contribution in [0.2, 0.25) is 0 Å². The molecule has 0 aliphatic rings. The minimum atomic E-state index is -0.166. The van der Waals surface area contributed by atoms with Gasteiger partial charge in [-0.25, -0.2) is 4.98 Å². The maximum atomic E-state index is 11.1. The predicted octanol–water partition coefficient (Wildman–Crippen LogP) is 0.734. The van der Waals surface area contributed by atoms with E-state index in [0.717, 1.165) is 0 Å². The van der Waals surface area contributed by atoms with E-state index in [4.69, 9.17) is 5.73 Å². The fourth-order valence-corrected chi connectivity index (χ4v) is 1.11. The van der Waals surface area contributed by atoms with E-state index >= 15 is 0 Å². The highest BCUT2D eigenvalue weighted by molar-refractivity contribution is 5.07. The maximum Gasteiger partial charge on any atom is 0.251 e. The molecule has 4 heteroatoms. The number of aromatic nitrogens is 2. The Kier molecular flexibility index (Phi) is 2.83. The summed E-state index contributed by atoms with van der Waals surface area (Å²) in [6, 6.07) is 1.29. The van der Waals surface area contributed by atoms with Gasteiger partial charge in [0.1, 0.15) is 5.82 Å². The molecule has 1 aromatic heterocycles. The fourth-order valence-electron chi connectivity index (χ4n) is 1.11. The lowest BCUT2D eigenvalue weighted by Crippen LogP contribution is -2.22. The number of nitrogens with zero attached hydrogens (tertiary/aromatic N) is 1. The van der Waals surface area contributed by atoms with Crippen molar-refractivity contribution in [2.24, 2.45) is 11.7 Å². The minimum absolute atomic E-state index is 0.140. The summed E-state index contributed by atoms with van der Waals surface area (Å²) in [5.74, 6) is 0.896. The highest BCUT2D eigenvalue weighted by Crippen LogP contribution is 2.14. The van der Waals surface area contributed by atoms with E-state index in [0.29, 0.717) is 11.5 Å². The molecule has 0 aliphatic carbocycles. The van der Waals surface area contributed by atoms with Crippen LogP contribution in [0.4, 0.5) is 0 Å². The lowest BCUT2D eigenvalue weighted by molar-refractivity contribution is 0.500. The lowest BCUT2D eigenvalue weighted by atomic mass is 10.0. The molecule has 0 aliphatic heterocycles. The van der Waals surface area contributed by atoms with Crippen LogP contribution in [0.25, 0.3) is 0 Å². The molecule has 0 spiro atoms. The van der Waals surface area contributed by atoms with Crippen molar-refractivity contribution in [2.45, 2.75) is 26.8 Å². The first-order valence-electron chi connectivity index (χ1n) is 4.34. The molecule has 13 heavy (non-hydrogen) atoms. The second-order valence-electron chi connectivity index (χ2n) is 3.53. The molecule has 1 aromatic rings. The van der Waals surface area contributed by atoms with Gasteiger partial charge in [-0.1, -0.05) is 13.8 Å². The Labute approximate surface area is 77.2 Å². The van der Waals surface area contributed by atoms with Crippen LogP contribution in [0, 0.1) is 12.8 Å². The van der Waals surface area contributed by atoms with Crippen LogP contribution in [0.15, 0.2) is 10.9 Å². The summed E-state index contributed by atoms with van der Waals surface area (Å²) >= 11 is 0. The van der Waals surface area contributed by atoms with Gasteiger partial charge in [0.15, 0.2) is 0 Å². The van der Waals surface area contributed by atoms with Gasteiger partial charge in [-0.15, -0.1) is 0 Å². The summed E-state index contributed by atoms with van der Waals surface area (Å²) in [5, 5.41) is 0. The molecule has 0 amide bonds. The summed E-state index contributed by atoms with van der Waals surface area (Å²) in [6.45, 7) is 5.75. The molecule has 0 radical (unpaired) electrons. The van der Waals surface area contributed by atoms with Crippen molar-refractivity contribution in [3.63, 3.8) is 0 Å². The van der Waals surface area contributed by atoms with Gasteiger partial charge >= 0.3 is 0 Å². The number of hydrogen-bond donors (Lipinski definition) is 2. The summed E-state index contributed by atoms with van der Waals surface area (Å²) in [4.78, 5) is 17.8. The molecule has 0 unspecified atom stereocenters. The van der Waals surface area contributed by atoms with E-state index in [9.17, 15) is 4.79 Å². The number of nitrogens with two attached hydrogens (primary N) is 1. The molecule has 0 aromatic carbocycles. The average molecular weight is 181 g/mol. The molecule has 4 nitrogen and oxygen atoms in total. The van der Waals surface area contributed by atoms with Crippen molar-refractivity contribution < 1.29 is 0 Å². The second-order valence-corrected chi connectivity index (χ2v) is 3.53. The number of aromatic amines is 1. The van der Waals surface area contributed by atoms with Crippen molar-refractivity contribution in [1.29, 1.82) is 0 Å². The smallest absolute Gasteiger partial charge is 0.251 e. The predicted molar refractivity (Wildman–Crippen MR) is 51.4 cm³/mol. The number of H-pyrrole nitrogens is 1. The monoisotopic (exact) mass is 181 g/mol. The summed E-state index contributed by atoms with van der Waals surface area (Å²) in [6.07, 6.45) is 0. The molecular weight excluding hydrogens is 166 g/mol. The van der Waals surface area contributed by atoms with Crippen LogP contribution in [0.5, 0.6) is 0 Å². The molecule has 1 atom stereocenters. The Balaban J connectivity index is 3.08. The third-order valence-corrected chi connectivity index (χ3v) is 1.94. The molecule has 0 saturated heterocycles. The van der Waals surface area contributed by atoms with Crippen molar-refractivity contribution in [3.05, 3.63) is 27.9 Å². The van der Waals surface area contributed by atoms with Gasteiger partial charge in [-0.05, 0) is 12.8 Å². The summed E-state index contributed by atoms with van der Waals surface area (Å²) in [7, 11) is 0. The van der Waals surface area contributed by atoms with E-state index in [1.165, 1.54) is 6.07 Å². The largest absolute Gasteiger partial charge is 0.322 e. The zero-order valence-corrected chi connectivity index (χ0v) is 8.16. The van der Waals surface area contributed by atoms with Gasteiger partial charge < -0.3 is 10.7 Å². The van der Waals surface area contributed by atoms with Gasteiger partial charge in [-0.3, -0.25) is 4.79 Å². The zero-order valence-electron chi connectivity index (χ0n) is 8.16. The van der Waals surface area contributed by atoms with E-state index < -0.39 is 0 Å². The summed E-state index contributed by atoms with van der Waals surface area (Å²) < 4.78 is 0. The third kappa shape index (κ3) is 2.39. The second kappa shape index (κ2) is 3.70. The SMILES string of the molecule is Cc1nc([C@@H](N)C(C)C)cc(=O)[nH]1. The Bertz CT molecular complexity index is 343. The van der Waals surface area contributed by atoms with Crippen LogP contribution in [0.1, 0.15) is 31.4 Å². The van der Waals surface area contributed by atoms with Crippen molar-refractivity contribution in [2.75, 3.05) is 0 Å². The summed E-state index contributed by atoms with van der Waals surface area (Å²) in [5.41, 5.74) is 6.38. The van der Waals surface area contributed by atoms with Gasteiger partial charge in [0, 0.05) is 12.1 Å². The van der Waals surface area contributed by atoms with Crippen LogP contribution < -0.4 is 11.3 Å². The topological polar surface area (TPSA) is 71.8 Å². The van der Waals surface area contributed by atoms with Crippen molar-refractivity contribution in [1.82, 2.24) is 9.97 Å². The number of rotatable bonds is 2. The van der Waals surface area contributed by atoms with Gasteiger partial charge in [0.05, 0.1) is 5.69 Å². The van der Waals surface area contributed by atoms with Crippen molar-refractivity contribution >= 4 is 0 Å². The molecule has 1 heterocycles. The molecular formula is C9H15N3O. The molecule has 3 N–H and O–H groups in total. The normalized spacial score (nSPS) is 13.3. The quantitative estimate of drug-likeness (QED) is 0.706. The van der Waals surface area contributed by atoms with Gasteiger partial charge in [0.25, 0.3) is 5.56 Å². The molecule has 0 fully saturated rings. The van der Waals surface area contributed by atoms with Crippen LogP contribution >= 0.6 is 0 Å². The van der Waals surface area contributed by atoms with Crippen molar-refractivity contribution in [3.8, 4) is 0 Å². The highest BCUT2D eigenvalue weighted by Gasteiger charge is 2.12. The molecule has 1 rings (SSSR count). The maximum absolute atomic E-state index is 11.1. The van der Waals surface area contributed by atoms with Gasteiger partial charge in [0.2, 0.25) is 0 Å². The molecule has 0 saturated carbocycles. The van der Waals surface area contributed by atoms with Crippen LogP contribution in [-0.4, -0.2) is 9.97 Å². The highest BCUT2D eigenvalue weighted by atomic mass is 16.1. The minimum Gasteiger partial charge on any atom is -0.322 e. The van der Waals surface area contributed by atoms with E-state index in [2.05, 4.69) is 9.97 Å². The molecule has 72 valence electrons. The van der Waals surface area contributed by atoms with Crippen LogP contribution in [-0.2, 0) is 0 Å². The average Bonchev–Trinajstić information content (AvgIpc) is 2.01. The number of nitrogens with one attached hydrogen (secondary N) is 1. The van der Waals surface area contributed by atoms with E-state index in [1.54, 1.807) is 6.92 Å². The number of hydrogen-bond acceptors (Lipinski definition) is 3. The number of aryl methyl sites for hydroxylation is 1. The zero-order chi connectivity index (χ0) is 10.0. The standard InChI is InChI=1S/C9H15N3O/c1-5(2)9(10)7-4-8(13)12-6(3)11-7/h4-5,9H,10H2,1-3H3,(H,11,12,13)/t9-/m0/s1.